The zero-order chi connectivity index (χ0) is 97.4. The van der Waals surface area contributed by atoms with Gasteiger partial charge in [0.05, 0.1) is 0 Å². The molecule has 0 amide bonds. The summed E-state index contributed by atoms with van der Waals surface area (Å²) in [5.74, 6) is 0. The number of nitrogens with zero attached hydrogens (tertiary/aromatic N) is 1. The maximum absolute atomic E-state index is 6.95. The molecule has 31 aromatic rings. The molecule has 0 aliphatic rings. The molecule has 0 atom stereocenters. The summed E-state index contributed by atoms with van der Waals surface area (Å²) in [7, 11) is 0. The normalized spacial score (nSPS) is 11.8. The Balaban J connectivity index is 0.000000105. The SMILES string of the molecule is c1ccc(-c2cc(-c3ccccc3)cc(-c3ccc(-c4c5ccccc5c(-c5ccc6ccccc6c5)c5ccccc45)c4c3oc3ccccc34)c2)cc1.c1ccc2cc(-c3c4ccccc4c(-c4ccc(-c5cccc6oc7ccccc7c56)c5oc6ccccc6c45)c4ccccc34)ccc2c1.c1cncc(-c2cc(-c3c4ccccc4c(-c4ccc5ccccc5c4)c4ccccc34)c3c(c2)oc2ccccc23)c1. The Labute approximate surface area is 851 Å². The minimum absolute atomic E-state index is 0.873. The second-order valence-electron chi connectivity index (χ2n) is 38.7. The summed E-state index contributed by atoms with van der Waals surface area (Å²) in [6, 6.07) is 185. The van der Waals surface area contributed by atoms with Gasteiger partial charge in [-0.3, -0.25) is 4.98 Å². The molecule has 31 rings (SSSR count). The van der Waals surface area contributed by atoms with Crippen LogP contribution in [0.15, 0.2) is 546 Å². The van der Waals surface area contributed by atoms with Gasteiger partial charge in [0.1, 0.15) is 44.7 Å². The van der Waals surface area contributed by atoms with Crippen molar-refractivity contribution < 1.29 is 17.7 Å². The van der Waals surface area contributed by atoms with Crippen LogP contribution in [0.5, 0.6) is 0 Å². The van der Waals surface area contributed by atoms with E-state index in [4.69, 9.17) is 17.7 Å². The van der Waals surface area contributed by atoms with E-state index < -0.39 is 0 Å². The fraction of sp³-hybridized carbons (Fsp3) is 0. The summed E-state index contributed by atoms with van der Waals surface area (Å²) in [5.41, 5.74) is 32.9. The molecular weight excluding hydrogens is 1800 g/mol. The molecule has 0 aliphatic carbocycles. The minimum Gasteiger partial charge on any atom is -0.456 e. The second-order valence-corrected chi connectivity index (χ2v) is 38.7. The number of rotatable bonds is 11. The number of hydrogen-bond donors (Lipinski definition) is 0. The molecule has 5 aromatic heterocycles. The zero-order valence-electron chi connectivity index (χ0n) is 80.3. The van der Waals surface area contributed by atoms with Crippen molar-refractivity contribution in [1.82, 2.24) is 4.98 Å². The van der Waals surface area contributed by atoms with Gasteiger partial charge in [-0.2, -0.15) is 0 Å². The van der Waals surface area contributed by atoms with Gasteiger partial charge in [-0.15, -0.1) is 0 Å². The van der Waals surface area contributed by atoms with Crippen LogP contribution in [0.1, 0.15) is 0 Å². The largest absolute Gasteiger partial charge is 0.456 e. The van der Waals surface area contributed by atoms with Crippen LogP contribution in [0.3, 0.4) is 0 Å². The minimum atomic E-state index is 0.873. The van der Waals surface area contributed by atoms with Gasteiger partial charge >= 0.3 is 0 Å². The van der Waals surface area contributed by atoms with Gasteiger partial charge in [0.2, 0.25) is 0 Å². The molecule has 148 heavy (non-hydrogen) atoms. The molecular formula is C143H87NO4. The Bertz CT molecular complexity index is 10600. The van der Waals surface area contributed by atoms with E-state index in [1.165, 1.54) is 180 Å². The number of benzene rings is 26. The highest BCUT2D eigenvalue weighted by molar-refractivity contribution is 6.32. The third-order valence-electron chi connectivity index (χ3n) is 30.4. The molecule has 688 valence electrons. The van der Waals surface area contributed by atoms with Crippen LogP contribution in [0.25, 0.3) is 307 Å². The number of hydrogen-bond acceptors (Lipinski definition) is 5. The zero-order valence-corrected chi connectivity index (χ0v) is 80.3. The maximum Gasteiger partial charge on any atom is 0.143 e. The fourth-order valence-corrected chi connectivity index (χ4v) is 23.9. The first-order valence-electron chi connectivity index (χ1n) is 50.6. The predicted molar refractivity (Wildman–Crippen MR) is 624 cm³/mol. The third-order valence-corrected chi connectivity index (χ3v) is 30.4. The Morgan fingerprint density at radius 2 is 0.419 bits per heavy atom. The summed E-state index contributed by atoms with van der Waals surface area (Å²) in [6.45, 7) is 0. The van der Waals surface area contributed by atoms with E-state index >= 15 is 0 Å². The first-order chi connectivity index (χ1) is 73.4. The quantitative estimate of drug-likeness (QED) is 0.121. The molecule has 5 heteroatoms. The van der Waals surface area contributed by atoms with Crippen molar-refractivity contribution >= 4 is 185 Å². The van der Waals surface area contributed by atoms with E-state index in [0.29, 0.717) is 0 Å². The summed E-state index contributed by atoms with van der Waals surface area (Å²) in [5, 5.41) is 31.1. The Morgan fingerprint density at radius 1 is 0.128 bits per heavy atom. The van der Waals surface area contributed by atoms with E-state index in [-0.39, 0.29) is 0 Å². The predicted octanol–water partition coefficient (Wildman–Crippen LogP) is 40.8. The summed E-state index contributed by atoms with van der Waals surface area (Å²) >= 11 is 0. The van der Waals surface area contributed by atoms with Gasteiger partial charge in [0.15, 0.2) is 0 Å². The highest BCUT2D eigenvalue weighted by atomic mass is 16.3. The van der Waals surface area contributed by atoms with Crippen molar-refractivity contribution in [3.63, 3.8) is 0 Å². The van der Waals surface area contributed by atoms with Crippen molar-refractivity contribution in [1.29, 1.82) is 0 Å². The number of fused-ring (bicyclic) bond motifs is 21. The topological polar surface area (TPSA) is 65.5 Å². The van der Waals surface area contributed by atoms with E-state index in [0.717, 1.165) is 127 Å². The number of furan rings is 4. The number of aromatic nitrogens is 1. The molecule has 5 nitrogen and oxygen atoms in total. The summed E-state index contributed by atoms with van der Waals surface area (Å²) in [4.78, 5) is 4.42. The van der Waals surface area contributed by atoms with E-state index in [9.17, 15) is 0 Å². The van der Waals surface area contributed by atoms with Gasteiger partial charge in [-0.25, -0.2) is 0 Å². The Kier molecular flexibility index (Phi) is 20.3. The van der Waals surface area contributed by atoms with Crippen LogP contribution in [0.2, 0.25) is 0 Å². The smallest absolute Gasteiger partial charge is 0.143 e. The van der Waals surface area contributed by atoms with Crippen molar-refractivity contribution in [2.75, 3.05) is 0 Å². The lowest BCUT2D eigenvalue weighted by Crippen LogP contribution is -1.92. The molecule has 5 heterocycles. The summed E-state index contributed by atoms with van der Waals surface area (Å²) < 4.78 is 26.6. The van der Waals surface area contributed by atoms with Crippen LogP contribution >= 0.6 is 0 Å². The molecule has 0 saturated heterocycles. The Morgan fingerprint density at radius 3 is 0.818 bits per heavy atom. The van der Waals surface area contributed by atoms with Crippen LogP contribution in [-0.2, 0) is 0 Å². The molecule has 0 bridgehead atoms. The molecule has 0 fully saturated rings. The highest BCUT2D eigenvalue weighted by Gasteiger charge is 2.29. The molecule has 0 spiro atoms. The first kappa shape index (κ1) is 85.2. The fourth-order valence-electron chi connectivity index (χ4n) is 23.9. The van der Waals surface area contributed by atoms with Gasteiger partial charge in [-0.1, -0.05) is 419 Å². The summed E-state index contributed by atoms with van der Waals surface area (Å²) in [6.07, 6.45) is 3.74. The molecule has 0 radical (unpaired) electrons. The van der Waals surface area contributed by atoms with Crippen LogP contribution < -0.4 is 0 Å². The highest BCUT2D eigenvalue weighted by Crippen LogP contribution is 2.56. The van der Waals surface area contributed by atoms with Gasteiger partial charge < -0.3 is 17.7 Å². The second kappa shape index (κ2) is 35.2. The molecule has 0 N–H and O–H groups in total. The van der Waals surface area contributed by atoms with Crippen molar-refractivity contribution in [3.8, 4) is 122 Å². The third kappa shape index (κ3) is 14.2. The van der Waals surface area contributed by atoms with Crippen LogP contribution in [0, 0.1) is 0 Å². The lowest BCUT2D eigenvalue weighted by Gasteiger charge is -2.19. The van der Waals surface area contributed by atoms with Crippen molar-refractivity contribution in [3.05, 3.63) is 528 Å². The molecule has 0 saturated carbocycles. The van der Waals surface area contributed by atoms with Gasteiger partial charge in [0, 0.05) is 72.2 Å². The Hall–Kier alpha value is -19.6. The van der Waals surface area contributed by atoms with Crippen molar-refractivity contribution in [2.24, 2.45) is 0 Å². The van der Waals surface area contributed by atoms with E-state index in [2.05, 4.69) is 496 Å². The monoisotopic (exact) mass is 1880 g/mol. The van der Waals surface area contributed by atoms with Crippen molar-refractivity contribution in [2.45, 2.75) is 0 Å². The average molecular weight is 1880 g/mol. The molecule has 0 aliphatic heterocycles. The molecule has 26 aromatic carbocycles. The van der Waals surface area contributed by atoms with E-state index in [1.54, 1.807) is 0 Å². The number of para-hydroxylation sites is 4. The standard InChI is InChI=1S/C54H34O.C48H28O2.C41H25NO/c1-3-15-35(16-4-1)40-32-41(36-17-5-2-6-18-36)34-42(33-40)43-29-30-49(53-48-25-13-14-26-50(48)55-54(43)53)52-46-23-11-9-21-44(46)51(45-22-10-12-24-47(45)52)39-28-27-37-19-7-8-20-38(37)31-39;1-2-13-30-28-31(25-24-29(30)12-1)44-32-14-3-5-16-34(32)45(35-17-6-4-15-33(35)44)40-27-26-37(48-47(40)39-19-8-10-22-42(39)50-48)36-20-11-23-43-46(36)38-18-7-9-21-41(38)49-43;1-2-11-27-22-28(20-19-26(27)10-1)39-31-13-3-5-15-33(31)40(34-16-6-4-14-32(34)39)36-23-30(29-12-9-21-42-25-29)24-38-41(36)35-17-7-8-18-37(35)43-38/h1-34H;1-28H;1-25H. The van der Waals surface area contributed by atoms with Crippen LogP contribution in [0.4, 0.5) is 0 Å². The molecule has 0 unspecified atom stereocenters. The van der Waals surface area contributed by atoms with Gasteiger partial charge in [-0.05, 0) is 300 Å². The van der Waals surface area contributed by atoms with E-state index in [1.807, 2.05) is 36.7 Å². The lowest BCUT2D eigenvalue weighted by molar-refractivity contribution is 0.668. The lowest BCUT2D eigenvalue weighted by atomic mass is 9.84. The van der Waals surface area contributed by atoms with Crippen LogP contribution in [-0.4, -0.2) is 4.98 Å². The maximum atomic E-state index is 6.95. The van der Waals surface area contributed by atoms with Gasteiger partial charge in [0.25, 0.3) is 0 Å². The first-order valence-corrected chi connectivity index (χ1v) is 50.6. The number of pyridine rings is 1. The average Bonchev–Trinajstić information content (AvgIpc) is 1.37.